The molecule has 1 saturated heterocycles. The lowest BCUT2D eigenvalue weighted by Crippen LogP contribution is -2.41. The molecule has 1 aliphatic heterocycles. The lowest BCUT2D eigenvalue weighted by Gasteiger charge is -2.34. The fourth-order valence-corrected chi connectivity index (χ4v) is 3.80. The number of likely N-dealkylation sites (tertiary alicyclic amines) is 1. The number of rotatable bonds is 8. The van der Waals surface area contributed by atoms with Crippen molar-refractivity contribution in [3.05, 3.63) is 60.4 Å². The highest BCUT2D eigenvalue weighted by Gasteiger charge is 2.39. The van der Waals surface area contributed by atoms with Crippen LogP contribution in [0.4, 0.5) is 5.69 Å². The average Bonchev–Trinajstić information content (AvgIpc) is 3.04. The van der Waals surface area contributed by atoms with E-state index in [0.717, 1.165) is 39.4 Å². The first-order valence-electron chi connectivity index (χ1n) is 9.16. The van der Waals surface area contributed by atoms with Crippen LogP contribution in [0.1, 0.15) is 18.9 Å². The molecule has 1 aliphatic rings. The van der Waals surface area contributed by atoms with E-state index in [1.165, 1.54) is 17.7 Å². The van der Waals surface area contributed by atoms with Crippen LogP contribution < -0.4 is 4.90 Å². The molecule has 1 atom stereocenters. The van der Waals surface area contributed by atoms with Crippen molar-refractivity contribution in [3.63, 3.8) is 0 Å². The molecule has 1 aromatic carbocycles. The summed E-state index contributed by atoms with van der Waals surface area (Å²) >= 11 is 0. The standard InChI is InChI=1S/C21H29N3O/c1-3-25-18-21(16-23(2)20-9-5-4-6-10-20)11-13-24(17-21)15-19-8-7-12-22-14-19/h4-10,12,14H,3,11,13,15-18H2,1-2H3/t21-/m0/s1. The number of pyridine rings is 1. The third-order valence-electron chi connectivity index (χ3n) is 5.03. The van der Waals surface area contributed by atoms with Crippen molar-refractivity contribution >= 4 is 5.69 Å². The maximum atomic E-state index is 5.89. The van der Waals surface area contributed by atoms with Gasteiger partial charge < -0.3 is 9.64 Å². The summed E-state index contributed by atoms with van der Waals surface area (Å²) in [4.78, 5) is 9.15. The van der Waals surface area contributed by atoms with Gasteiger partial charge in [-0.05, 0) is 43.7 Å². The molecule has 4 nitrogen and oxygen atoms in total. The molecule has 1 aromatic heterocycles. The highest BCUT2D eigenvalue weighted by molar-refractivity contribution is 5.45. The van der Waals surface area contributed by atoms with Crippen LogP contribution in [0.25, 0.3) is 0 Å². The maximum Gasteiger partial charge on any atom is 0.0552 e. The molecule has 0 spiro atoms. The van der Waals surface area contributed by atoms with Crippen molar-refractivity contribution in [3.8, 4) is 0 Å². The Kier molecular flexibility index (Phi) is 6.05. The van der Waals surface area contributed by atoms with Gasteiger partial charge in [-0.3, -0.25) is 9.88 Å². The number of para-hydroxylation sites is 1. The summed E-state index contributed by atoms with van der Waals surface area (Å²) in [6, 6.07) is 14.8. The van der Waals surface area contributed by atoms with Gasteiger partial charge in [0.05, 0.1) is 6.61 Å². The highest BCUT2D eigenvalue weighted by Crippen LogP contribution is 2.34. The van der Waals surface area contributed by atoms with Crippen LogP contribution in [-0.2, 0) is 11.3 Å². The van der Waals surface area contributed by atoms with Gasteiger partial charge in [0, 0.05) is 56.8 Å². The van der Waals surface area contributed by atoms with E-state index in [2.05, 4.69) is 65.2 Å². The number of ether oxygens (including phenoxy) is 1. The van der Waals surface area contributed by atoms with Crippen molar-refractivity contribution in [2.24, 2.45) is 5.41 Å². The number of nitrogens with zero attached hydrogens (tertiary/aromatic N) is 3. The smallest absolute Gasteiger partial charge is 0.0552 e. The van der Waals surface area contributed by atoms with Crippen LogP contribution in [0.2, 0.25) is 0 Å². The topological polar surface area (TPSA) is 28.6 Å². The van der Waals surface area contributed by atoms with E-state index in [-0.39, 0.29) is 5.41 Å². The number of hydrogen-bond acceptors (Lipinski definition) is 4. The maximum absolute atomic E-state index is 5.89. The van der Waals surface area contributed by atoms with Crippen LogP contribution in [0.15, 0.2) is 54.9 Å². The van der Waals surface area contributed by atoms with Crippen LogP contribution in [-0.4, -0.2) is 49.8 Å². The molecule has 0 saturated carbocycles. The van der Waals surface area contributed by atoms with Crippen LogP contribution in [0.3, 0.4) is 0 Å². The quantitative estimate of drug-likeness (QED) is 0.736. The zero-order chi connectivity index (χ0) is 17.5. The zero-order valence-corrected chi connectivity index (χ0v) is 15.4. The van der Waals surface area contributed by atoms with Crippen molar-refractivity contribution in [1.29, 1.82) is 0 Å². The molecule has 1 fully saturated rings. The van der Waals surface area contributed by atoms with Crippen molar-refractivity contribution in [2.45, 2.75) is 19.9 Å². The Morgan fingerprint density at radius 3 is 2.76 bits per heavy atom. The Labute approximate surface area is 151 Å². The van der Waals surface area contributed by atoms with Crippen LogP contribution in [0.5, 0.6) is 0 Å². The van der Waals surface area contributed by atoms with Crippen molar-refractivity contribution < 1.29 is 4.74 Å². The summed E-state index contributed by atoms with van der Waals surface area (Å²) in [5, 5.41) is 0. The minimum Gasteiger partial charge on any atom is -0.381 e. The minimum absolute atomic E-state index is 0.183. The summed E-state index contributed by atoms with van der Waals surface area (Å²) in [5.74, 6) is 0. The van der Waals surface area contributed by atoms with Crippen molar-refractivity contribution in [2.75, 3.05) is 44.8 Å². The van der Waals surface area contributed by atoms with Gasteiger partial charge in [-0.2, -0.15) is 0 Å². The van der Waals surface area contributed by atoms with Gasteiger partial charge in [0.15, 0.2) is 0 Å². The van der Waals surface area contributed by atoms with E-state index in [1.54, 1.807) is 0 Å². The fourth-order valence-electron chi connectivity index (χ4n) is 3.80. The van der Waals surface area contributed by atoms with Gasteiger partial charge in [0.25, 0.3) is 0 Å². The van der Waals surface area contributed by atoms with E-state index < -0.39 is 0 Å². The first-order chi connectivity index (χ1) is 12.2. The SMILES string of the molecule is CCOC[C@]1(CN(C)c2ccccc2)CCN(Cc2cccnc2)C1. The molecule has 2 aromatic rings. The second-order valence-electron chi connectivity index (χ2n) is 7.15. The minimum atomic E-state index is 0.183. The highest BCUT2D eigenvalue weighted by atomic mass is 16.5. The second kappa shape index (κ2) is 8.45. The summed E-state index contributed by atoms with van der Waals surface area (Å²) < 4.78 is 5.89. The molecule has 0 aliphatic carbocycles. The summed E-state index contributed by atoms with van der Waals surface area (Å²) in [6.07, 6.45) is 4.98. The van der Waals surface area contributed by atoms with Gasteiger partial charge in [-0.15, -0.1) is 0 Å². The Morgan fingerprint density at radius 1 is 1.20 bits per heavy atom. The lowest BCUT2D eigenvalue weighted by molar-refractivity contribution is 0.0582. The van der Waals surface area contributed by atoms with Crippen LogP contribution >= 0.6 is 0 Å². The number of benzene rings is 1. The van der Waals surface area contributed by atoms with Crippen molar-refractivity contribution in [1.82, 2.24) is 9.88 Å². The van der Waals surface area contributed by atoms with Gasteiger partial charge in [0.1, 0.15) is 0 Å². The van der Waals surface area contributed by atoms with E-state index in [9.17, 15) is 0 Å². The Morgan fingerprint density at radius 2 is 2.04 bits per heavy atom. The van der Waals surface area contributed by atoms with E-state index in [0.29, 0.717) is 0 Å². The Balaban J connectivity index is 1.67. The normalized spacial score (nSPS) is 20.7. The van der Waals surface area contributed by atoms with E-state index >= 15 is 0 Å². The summed E-state index contributed by atoms with van der Waals surface area (Å²) in [7, 11) is 2.19. The molecular weight excluding hydrogens is 310 g/mol. The van der Waals surface area contributed by atoms with E-state index in [1.807, 2.05) is 18.5 Å². The molecule has 134 valence electrons. The molecule has 0 bridgehead atoms. The van der Waals surface area contributed by atoms with Gasteiger partial charge in [-0.25, -0.2) is 0 Å². The third kappa shape index (κ3) is 4.80. The molecule has 2 heterocycles. The van der Waals surface area contributed by atoms with Gasteiger partial charge in [0.2, 0.25) is 0 Å². The predicted molar refractivity (Wildman–Crippen MR) is 103 cm³/mol. The first kappa shape index (κ1) is 17.9. The molecule has 3 rings (SSSR count). The molecule has 0 amide bonds. The van der Waals surface area contributed by atoms with E-state index in [4.69, 9.17) is 4.74 Å². The number of aromatic nitrogens is 1. The molecule has 0 radical (unpaired) electrons. The first-order valence-corrected chi connectivity index (χ1v) is 9.16. The number of anilines is 1. The molecular formula is C21H29N3O. The van der Waals surface area contributed by atoms with Crippen LogP contribution in [0, 0.1) is 5.41 Å². The molecule has 4 heteroatoms. The molecule has 25 heavy (non-hydrogen) atoms. The Bertz CT molecular complexity index is 634. The average molecular weight is 339 g/mol. The van der Waals surface area contributed by atoms with Gasteiger partial charge in [-0.1, -0.05) is 24.3 Å². The molecule has 0 N–H and O–H groups in total. The second-order valence-corrected chi connectivity index (χ2v) is 7.15. The summed E-state index contributed by atoms with van der Waals surface area (Å²) in [6.45, 7) is 7.85. The lowest BCUT2D eigenvalue weighted by atomic mass is 9.87. The summed E-state index contributed by atoms with van der Waals surface area (Å²) in [5.41, 5.74) is 2.73. The number of hydrogen-bond donors (Lipinski definition) is 0. The monoisotopic (exact) mass is 339 g/mol. The Hall–Kier alpha value is -1.91. The van der Waals surface area contributed by atoms with Gasteiger partial charge >= 0.3 is 0 Å². The fraction of sp³-hybridized carbons (Fsp3) is 0.476. The zero-order valence-electron chi connectivity index (χ0n) is 15.4. The predicted octanol–water partition coefficient (Wildman–Crippen LogP) is 3.45. The third-order valence-corrected chi connectivity index (χ3v) is 5.03. The molecule has 0 unspecified atom stereocenters. The largest absolute Gasteiger partial charge is 0.381 e.